The van der Waals surface area contributed by atoms with E-state index in [9.17, 15) is 4.79 Å². The molecule has 1 aromatic rings. The first-order valence-electron chi connectivity index (χ1n) is 6.36. The van der Waals surface area contributed by atoms with E-state index < -0.39 is 0 Å². The second-order valence-corrected chi connectivity index (χ2v) is 5.16. The number of Topliss-reactive ketones (excluding diaryl/α,β-unsaturated/α-hetero) is 1. The number of ether oxygens (including phenoxy) is 1. The quantitative estimate of drug-likeness (QED) is 0.798. The minimum Gasteiger partial charge on any atom is -0.493 e. The van der Waals surface area contributed by atoms with Gasteiger partial charge in [0.15, 0.2) is 0 Å². The highest BCUT2D eigenvalue weighted by atomic mass is 16.5. The zero-order valence-corrected chi connectivity index (χ0v) is 10.8. The van der Waals surface area contributed by atoms with Crippen LogP contribution in [0.4, 0.5) is 0 Å². The van der Waals surface area contributed by atoms with Crippen LogP contribution in [-0.2, 0) is 4.79 Å². The number of hydrogen-bond acceptors (Lipinski definition) is 2. The lowest BCUT2D eigenvalue weighted by molar-refractivity contribution is -0.125. The maximum atomic E-state index is 12.4. The molecule has 2 nitrogen and oxygen atoms in total. The molecule has 0 N–H and O–H groups in total. The summed E-state index contributed by atoms with van der Waals surface area (Å²) < 4.78 is 5.59. The summed E-state index contributed by atoms with van der Waals surface area (Å²) in [5.74, 6) is 1.78. The molecule has 0 aliphatic carbocycles. The van der Waals surface area contributed by atoms with Crippen molar-refractivity contribution in [3.8, 4) is 5.75 Å². The highest BCUT2D eigenvalue weighted by Gasteiger charge is 2.31. The van der Waals surface area contributed by atoms with Crippen LogP contribution in [0.25, 0.3) is 0 Å². The van der Waals surface area contributed by atoms with E-state index in [1.165, 1.54) is 0 Å². The van der Waals surface area contributed by atoms with Crippen molar-refractivity contribution in [2.75, 3.05) is 6.61 Å². The summed E-state index contributed by atoms with van der Waals surface area (Å²) in [6.07, 6.45) is 0.812. The van der Waals surface area contributed by atoms with Crippen molar-refractivity contribution in [3.05, 3.63) is 29.8 Å². The molecule has 0 amide bonds. The Kier molecular flexibility index (Phi) is 3.51. The Morgan fingerprint density at radius 3 is 2.71 bits per heavy atom. The Morgan fingerprint density at radius 2 is 2.00 bits per heavy atom. The number of carbonyl (C=O) groups is 1. The molecule has 92 valence electrons. The molecule has 2 heteroatoms. The monoisotopic (exact) mass is 232 g/mol. The highest BCUT2D eigenvalue weighted by Crippen LogP contribution is 2.36. The van der Waals surface area contributed by atoms with Crippen LogP contribution < -0.4 is 4.74 Å². The summed E-state index contributed by atoms with van der Waals surface area (Å²) in [5, 5.41) is 0. The number of fused-ring (bicyclic) bond motifs is 1. The van der Waals surface area contributed by atoms with Gasteiger partial charge in [-0.1, -0.05) is 39.0 Å². The van der Waals surface area contributed by atoms with Gasteiger partial charge in [0.1, 0.15) is 11.5 Å². The average Bonchev–Trinajstić information content (AvgIpc) is 2.36. The lowest BCUT2D eigenvalue weighted by Crippen LogP contribution is -2.28. The van der Waals surface area contributed by atoms with Gasteiger partial charge in [0.2, 0.25) is 0 Å². The Morgan fingerprint density at radius 1 is 1.29 bits per heavy atom. The van der Waals surface area contributed by atoms with Crippen LogP contribution in [0.1, 0.15) is 38.7 Å². The summed E-state index contributed by atoms with van der Waals surface area (Å²) >= 11 is 0. The Hall–Kier alpha value is -1.31. The summed E-state index contributed by atoms with van der Waals surface area (Å²) in [4.78, 5) is 12.4. The summed E-state index contributed by atoms with van der Waals surface area (Å²) in [5.41, 5.74) is 1.07. The molecule has 2 unspecified atom stereocenters. The van der Waals surface area contributed by atoms with Crippen molar-refractivity contribution in [2.24, 2.45) is 11.8 Å². The van der Waals surface area contributed by atoms with Crippen LogP contribution in [0.5, 0.6) is 5.75 Å². The molecule has 0 saturated heterocycles. The van der Waals surface area contributed by atoms with Crippen molar-refractivity contribution in [1.29, 1.82) is 0 Å². The van der Waals surface area contributed by atoms with Crippen molar-refractivity contribution in [3.63, 3.8) is 0 Å². The highest BCUT2D eigenvalue weighted by molar-refractivity contribution is 5.88. The first-order chi connectivity index (χ1) is 8.11. The molecule has 0 fully saturated rings. The zero-order chi connectivity index (χ0) is 12.4. The largest absolute Gasteiger partial charge is 0.493 e. The lowest BCUT2D eigenvalue weighted by Gasteiger charge is -2.28. The van der Waals surface area contributed by atoms with Gasteiger partial charge in [0, 0.05) is 17.4 Å². The van der Waals surface area contributed by atoms with Crippen LogP contribution in [0.15, 0.2) is 24.3 Å². The Labute approximate surface area is 103 Å². The predicted octanol–water partition coefficient (Wildman–Crippen LogP) is 3.41. The van der Waals surface area contributed by atoms with Crippen LogP contribution in [0.2, 0.25) is 0 Å². The summed E-state index contributed by atoms with van der Waals surface area (Å²) in [6.45, 7) is 6.89. The SMILES string of the molecule is CC(C)C(C)C(=O)C1CCOc2ccccc21. The topological polar surface area (TPSA) is 26.3 Å². The van der Waals surface area contributed by atoms with E-state index >= 15 is 0 Å². The number of hydrogen-bond donors (Lipinski definition) is 0. The fourth-order valence-electron chi connectivity index (χ4n) is 2.28. The fourth-order valence-corrected chi connectivity index (χ4v) is 2.28. The van der Waals surface area contributed by atoms with Gasteiger partial charge < -0.3 is 4.74 Å². The Balaban J connectivity index is 2.27. The molecule has 2 rings (SSSR count). The maximum Gasteiger partial charge on any atom is 0.143 e. The van der Waals surface area contributed by atoms with Crippen molar-refractivity contribution < 1.29 is 9.53 Å². The molecule has 0 aromatic heterocycles. The zero-order valence-electron chi connectivity index (χ0n) is 10.8. The molecule has 2 atom stereocenters. The molecule has 0 saturated carbocycles. The molecule has 1 heterocycles. The maximum absolute atomic E-state index is 12.4. The van der Waals surface area contributed by atoms with E-state index in [-0.39, 0.29) is 11.8 Å². The predicted molar refractivity (Wildman–Crippen MR) is 68.3 cm³/mol. The third-order valence-corrected chi connectivity index (χ3v) is 3.75. The standard InChI is InChI=1S/C15H20O2/c1-10(2)11(3)15(16)13-8-9-17-14-7-5-4-6-12(13)14/h4-7,10-11,13H,8-9H2,1-3H3. The fraction of sp³-hybridized carbons (Fsp3) is 0.533. The van der Waals surface area contributed by atoms with Gasteiger partial charge in [-0.3, -0.25) is 4.79 Å². The second-order valence-electron chi connectivity index (χ2n) is 5.16. The van der Waals surface area contributed by atoms with E-state index in [0.29, 0.717) is 18.3 Å². The minimum atomic E-state index is 0.0253. The molecule has 1 aliphatic rings. The minimum absolute atomic E-state index is 0.0253. The van der Waals surface area contributed by atoms with Gasteiger partial charge >= 0.3 is 0 Å². The third-order valence-electron chi connectivity index (χ3n) is 3.75. The van der Waals surface area contributed by atoms with Crippen LogP contribution in [0.3, 0.4) is 0 Å². The molecule has 1 aliphatic heterocycles. The van der Waals surface area contributed by atoms with E-state index in [1.807, 2.05) is 31.2 Å². The van der Waals surface area contributed by atoms with Gasteiger partial charge in [-0.15, -0.1) is 0 Å². The first kappa shape index (κ1) is 12.2. The molecular weight excluding hydrogens is 212 g/mol. The normalized spacial score (nSPS) is 20.6. The summed E-state index contributed by atoms with van der Waals surface area (Å²) in [6, 6.07) is 7.91. The number of carbonyl (C=O) groups excluding carboxylic acids is 1. The smallest absolute Gasteiger partial charge is 0.143 e. The van der Waals surface area contributed by atoms with Crippen molar-refractivity contribution in [2.45, 2.75) is 33.1 Å². The molecule has 0 bridgehead atoms. The number of benzene rings is 1. The van der Waals surface area contributed by atoms with E-state index in [0.717, 1.165) is 17.7 Å². The van der Waals surface area contributed by atoms with Crippen LogP contribution in [0, 0.1) is 11.8 Å². The summed E-state index contributed by atoms with van der Waals surface area (Å²) in [7, 11) is 0. The third kappa shape index (κ3) is 2.36. The lowest BCUT2D eigenvalue weighted by atomic mass is 9.80. The van der Waals surface area contributed by atoms with Gasteiger partial charge in [0.05, 0.1) is 6.61 Å². The number of ketones is 1. The van der Waals surface area contributed by atoms with Gasteiger partial charge in [-0.2, -0.15) is 0 Å². The Bertz CT molecular complexity index is 409. The van der Waals surface area contributed by atoms with Crippen molar-refractivity contribution in [1.82, 2.24) is 0 Å². The molecule has 1 aromatic carbocycles. The molecule has 0 spiro atoms. The molecule has 0 radical (unpaired) electrons. The first-order valence-corrected chi connectivity index (χ1v) is 6.36. The molecule has 17 heavy (non-hydrogen) atoms. The van der Waals surface area contributed by atoms with Crippen LogP contribution in [-0.4, -0.2) is 12.4 Å². The number of rotatable bonds is 3. The molecular formula is C15H20O2. The average molecular weight is 232 g/mol. The van der Waals surface area contributed by atoms with E-state index in [2.05, 4.69) is 13.8 Å². The van der Waals surface area contributed by atoms with E-state index in [1.54, 1.807) is 0 Å². The van der Waals surface area contributed by atoms with Gasteiger partial charge in [0.25, 0.3) is 0 Å². The second kappa shape index (κ2) is 4.91. The van der Waals surface area contributed by atoms with Gasteiger partial charge in [-0.05, 0) is 18.4 Å². The van der Waals surface area contributed by atoms with Crippen LogP contribution >= 0.6 is 0 Å². The van der Waals surface area contributed by atoms with E-state index in [4.69, 9.17) is 4.74 Å². The number of para-hydroxylation sites is 1. The van der Waals surface area contributed by atoms with Gasteiger partial charge in [-0.25, -0.2) is 0 Å². The van der Waals surface area contributed by atoms with Crippen molar-refractivity contribution >= 4 is 5.78 Å².